The molecule has 3 aromatic rings. The zero-order chi connectivity index (χ0) is 21.5. The minimum absolute atomic E-state index is 0.0648. The van der Waals surface area contributed by atoms with E-state index in [4.69, 9.17) is 4.74 Å². The Bertz CT molecular complexity index is 1010. The molecule has 31 heavy (non-hydrogen) atoms. The Morgan fingerprint density at radius 2 is 1.81 bits per heavy atom. The highest BCUT2D eigenvalue weighted by Gasteiger charge is 2.20. The summed E-state index contributed by atoms with van der Waals surface area (Å²) < 4.78 is 6.00. The van der Waals surface area contributed by atoms with Gasteiger partial charge in [-0.05, 0) is 84.5 Å². The summed E-state index contributed by atoms with van der Waals surface area (Å²) in [5, 5.41) is 1.97. The van der Waals surface area contributed by atoms with Crippen LogP contribution in [0.2, 0.25) is 0 Å². The standard InChI is InChI=1S/C26H28N2O2S/c1-20-13-16-31-25(20)26(29)28(18-22-11-14-27-15-12-22)17-21-7-9-24(10-8-21)30-19-23-5-3-2-4-6-23/h2-3,7-16,23H,4-6,17-19H2,1H3/t23-/m0/s1. The molecule has 0 saturated heterocycles. The summed E-state index contributed by atoms with van der Waals surface area (Å²) in [4.78, 5) is 20.1. The van der Waals surface area contributed by atoms with Crippen molar-refractivity contribution < 1.29 is 9.53 Å². The lowest BCUT2D eigenvalue weighted by molar-refractivity contribution is 0.0734. The van der Waals surface area contributed by atoms with Crippen LogP contribution in [0.3, 0.4) is 0 Å². The van der Waals surface area contributed by atoms with Crippen LogP contribution in [0, 0.1) is 12.8 Å². The van der Waals surface area contributed by atoms with Crippen LogP contribution in [-0.4, -0.2) is 22.4 Å². The third-order valence-corrected chi connectivity index (χ3v) is 6.63. The topological polar surface area (TPSA) is 42.4 Å². The van der Waals surface area contributed by atoms with Gasteiger partial charge in [-0.1, -0.05) is 24.3 Å². The van der Waals surface area contributed by atoms with E-state index in [0.29, 0.717) is 19.0 Å². The molecule has 2 aromatic heterocycles. The number of thiophene rings is 1. The summed E-state index contributed by atoms with van der Waals surface area (Å²) in [5.74, 6) is 1.56. The summed E-state index contributed by atoms with van der Waals surface area (Å²) in [5.41, 5.74) is 3.18. The van der Waals surface area contributed by atoms with Crippen molar-refractivity contribution in [1.29, 1.82) is 0 Å². The van der Waals surface area contributed by atoms with Crippen LogP contribution in [0.1, 0.15) is 45.6 Å². The highest BCUT2D eigenvalue weighted by atomic mass is 32.1. The number of hydrogen-bond donors (Lipinski definition) is 0. The van der Waals surface area contributed by atoms with E-state index in [2.05, 4.69) is 29.3 Å². The number of hydrogen-bond acceptors (Lipinski definition) is 4. The van der Waals surface area contributed by atoms with Gasteiger partial charge in [-0.25, -0.2) is 0 Å². The summed E-state index contributed by atoms with van der Waals surface area (Å²) >= 11 is 1.50. The van der Waals surface area contributed by atoms with Crippen molar-refractivity contribution in [2.24, 2.45) is 5.92 Å². The summed E-state index contributed by atoms with van der Waals surface area (Å²) in [6.07, 6.45) is 11.5. The van der Waals surface area contributed by atoms with Crippen LogP contribution in [0.25, 0.3) is 0 Å². The van der Waals surface area contributed by atoms with Crippen molar-refractivity contribution >= 4 is 17.2 Å². The molecule has 0 unspecified atom stereocenters. The first-order valence-corrected chi connectivity index (χ1v) is 11.7. The van der Waals surface area contributed by atoms with E-state index in [9.17, 15) is 4.79 Å². The first-order valence-electron chi connectivity index (χ1n) is 10.8. The number of amides is 1. The van der Waals surface area contributed by atoms with Gasteiger partial charge in [0.25, 0.3) is 5.91 Å². The maximum absolute atomic E-state index is 13.3. The molecule has 0 N–H and O–H groups in total. The van der Waals surface area contributed by atoms with Crippen molar-refractivity contribution in [3.63, 3.8) is 0 Å². The van der Waals surface area contributed by atoms with Crippen LogP contribution in [-0.2, 0) is 13.1 Å². The number of carbonyl (C=O) groups is 1. The number of allylic oxidation sites excluding steroid dienone is 2. The molecule has 160 valence electrons. The number of pyridine rings is 1. The fourth-order valence-electron chi connectivity index (χ4n) is 3.78. The Labute approximate surface area is 188 Å². The molecule has 1 aromatic carbocycles. The molecule has 4 rings (SSSR count). The molecular weight excluding hydrogens is 404 g/mol. The molecular formula is C26H28N2O2S. The van der Waals surface area contributed by atoms with Gasteiger partial charge in [0.2, 0.25) is 0 Å². The molecule has 1 amide bonds. The molecule has 0 bridgehead atoms. The number of aryl methyl sites for hydroxylation is 1. The van der Waals surface area contributed by atoms with Crippen molar-refractivity contribution in [2.75, 3.05) is 6.61 Å². The minimum atomic E-state index is 0.0648. The van der Waals surface area contributed by atoms with Gasteiger partial charge in [0, 0.05) is 25.5 Å². The van der Waals surface area contributed by atoms with E-state index in [1.54, 1.807) is 12.4 Å². The van der Waals surface area contributed by atoms with Gasteiger partial charge in [0.1, 0.15) is 5.75 Å². The lowest BCUT2D eigenvalue weighted by atomic mass is 9.95. The second-order valence-corrected chi connectivity index (χ2v) is 8.97. The number of carbonyl (C=O) groups excluding carboxylic acids is 1. The smallest absolute Gasteiger partial charge is 0.264 e. The second-order valence-electron chi connectivity index (χ2n) is 8.05. The minimum Gasteiger partial charge on any atom is -0.493 e. The maximum Gasteiger partial charge on any atom is 0.264 e. The molecule has 0 radical (unpaired) electrons. The van der Waals surface area contributed by atoms with Gasteiger partial charge in [0.05, 0.1) is 11.5 Å². The van der Waals surface area contributed by atoms with Crippen molar-refractivity contribution in [2.45, 2.75) is 39.3 Å². The van der Waals surface area contributed by atoms with Crippen LogP contribution in [0.5, 0.6) is 5.75 Å². The molecule has 0 spiro atoms. The average molecular weight is 433 g/mol. The van der Waals surface area contributed by atoms with E-state index < -0.39 is 0 Å². The molecule has 0 fully saturated rings. The van der Waals surface area contributed by atoms with Crippen LogP contribution < -0.4 is 4.74 Å². The average Bonchev–Trinajstić information content (AvgIpc) is 3.25. The Balaban J connectivity index is 1.43. The number of ether oxygens (including phenoxy) is 1. The number of benzene rings is 1. The highest BCUT2D eigenvalue weighted by molar-refractivity contribution is 7.12. The molecule has 1 aliphatic carbocycles. The third kappa shape index (κ3) is 5.82. The fourth-order valence-corrected chi connectivity index (χ4v) is 4.67. The van der Waals surface area contributed by atoms with Crippen LogP contribution in [0.15, 0.2) is 72.4 Å². The summed E-state index contributed by atoms with van der Waals surface area (Å²) in [6.45, 7) is 3.84. The Hall–Kier alpha value is -2.92. The van der Waals surface area contributed by atoms with Gasteiger partial charge in [-0.15, -0.1) is 11.3 Å². The van der Waals surface area contributed by atoms with Gasteiger partial charge in [-0.3, -0.25) is 9.78 Å². The normalized spacial score (nSPS) is 15.6. The van der Waals surface area contributed by atoms with E-state index >= 15 is 0 Å². The van der Waals surface area contributed by atoms with Crippen LogP contribution >= 0.6 is 11.3 Å². The zero-order valence-corrected chi connectivity index (χ0v) is 18.7. The Kier molecular flexibility index (Phi) is 7.15. The predicted molar refractivity (Wildman–Crippen MR) is 125 cm³/mol. The van der Waals surface area contributed by atoms with Crippen molar-refractivity contribution in [1.82, 2.24) is 9.88 Å². The van der Waals surface area contributed by atoms with Crippen molar-refractivity contribution in [3.8, 4) is 5.75 Å². The van der Waals surface area contributed by atoms with Crippen LogP contribution in [0.4, 0.5) is 0 Å². The van der Waals surface area contributed by atoms with E-state index in [-0.39, 0.29) is 5.91 Å². The molecule has 2 heterocycles. The Morgan fingerprint density at radius 1 is 1.06 bits per heavy atom. The molecule has 0 saturated carbocycles. The second kappa shape index (κ2) is 10.4. The van der Waals surface area contributed by atoms with Gasteiger partial charge >= 0.3 is 0 Å². The van der Waals surface area contributed by atoms with Gasteiger partial charge in [0.15, 0.2) is 0 Å². The largest absolute Gasteiger partial charge is 0.493 e. The number of nitrogens with zero attached hydrogens (tertiary/aromatic N) is 2. The fraction of sp³-hybridized carbons (Fsp3) is 0.308. The first-order chi connectivity index (χ1) is 15.2. The van der Waals surface area contributed by atoms with Crippen molar-refractivity contribution in [3.05, 3.63) is 94.0 Å². The quantitative estimate of drug-likeness (QED) is 0.408. The molecule has 4 nitrogen and oxygen atoms in total. The molecule has 0 aliphatic heterocycles. The summed E-state index contributed by atoms with van der Waals surface area (Å²) in [6, 6.07) is 14.1. The van der Waals surface area contributed by atoms with Gasteiger partial charge < -0.3 is 9.64 Å². The highest BCUT2D eigenvalue weighted by Crippen LogP contribution is 2.23. The molecule has 5 heteroatoms. The SMILES string of the molecule is Cc1ccsc1C(=O)N(Cc1ccncc1)Cc1ccc(OC[C@H]2CC=CCC2)cc1. The summed E-state index contributed by atoms with van der Waals surface area (Å²) in [7, 11) is 0. The predicted octanol–water partition coefficient (Wildman–Crippen LogP) is 6.03. The monoisotopic (exact) mass is 432 g/mol. The lowest BCUT2D eigenvalue weighted by Gasteiger charge is -2.23. The van der Waals surface area contributed by atoms with E-state index in [0.717, 1.165) is 46.8 Å². The third-order valence-electron chi connectivity index (χ3n) is 5.63. The first kappa shape index (κ1) is 21.3. The number of rotatable bonds is 8. The molecule has 1 aliphatic rings. The zero-order valence-electron chi connectivity index (χ0n) is 17.9. The maximum atomic E-state index is 13.3. The van der Waals surface area contributed by atoms with E-state index in [1.165, 1.54) is 17.8 Å². The lowest BCUT2D eigenvalue weighted by Crippen LogP contribution is -2.30. The Morgan fingerprint density at radius 3 is 2.45 bits per heavy atom. The van der Waals surface area contributed by atoms with E-state index in [1.807, 2.05) is 47.5 Å². The van der Waals surface area contributed by atoms with Gasteiger partial charge in [-0.2, -0.15) is 0 Å². The molecule has 1 atom stereocenters. The number of aromatic nitrogens is 1.